The Hall–Kier alpha value is -2.52. The number of hydrogen-bond acceptors (Lipinski definition) is 4. The highest BCUT2D eigenvalue weighted by Crippen LogP contribution is 2.24. The second-order valence-corrected chi connectivity index (χ2v) is 7.67. The molecular weight excluding hydrogens is 396 g/mol. The summed E-state index contributed by atoms with van der Waals surface area (Å²) >= 11 is 0. The number of hydrogen-bond donors (Lipinski definition) is 0. The fourth-order valence-electron chi connectivity index (χ4n) is 2.87. The van der Waals surface area contributed by atoms with Crippen molar-refractivity contribution in [3.05, 3.63) is 30.1 Å². The van der Waals surface area contributed by atoms with Crippen LogP contribution in [-0.4, -0.2) is 65.9 Å². The fraction of sp³-hybridized carbons (Fsp3) is 0.579. The SMILES string of the molecule is CC(C)(C)OC(=O)N1CCN(C(=O)C(F)(F)F)CC1CCOc1ccc(F)cc1. The van der Waals surface area contributed by atoms with Crippen LogP contribution in [0.4, 0.5) is 22.4 Å². The van der Waals surface area contributed by atoms with Crippen LogP contribution < -0.4 is 4.74 Å². The molecule has 1 unspecified atom stereocenters. The monoisotopic (exact) mass is 420 g/mol. The first-order valence-electron chi connectivity index (χ1n) is 9.11. The normalized spacial score (nSPS) is 17.8. The standard InChI is InChI=1S/C19H24F4N2O4/c1-18(2,3)29-17(27)25-10-9-24(16(26)19(21,22)23)12-14(25)8-11-28-15-6-4-13(20)5-7-15/h4-7,14H,8-12H2,1-3H3. The lowest BCUT2D eigenvalue weighted by molar-refractivity contribution is -0.188. The van der Waals surface area contributed by atoms with Crippen LogP contribution in [0.5, 0.6) is 5.75 Å². The van der Waals surface area contributed by atoms with Gasteiger partial charge in [0.2, 0.25) is 0 Å². The van der Waals surface area contributed by atoms with Crippen LogP contribution in [0.3, 0.4) is 0 Å². The third-order valence-corrected chi connectivity index (χ3v) is 4.17. The third-order valence-electron chi connectivity index (χ3n) is 4.17. The second kappa shape index (κ2) is 8.87. The topological polar surface area (TPSA) is 59.1 Å². The van der Waals surface area contributed by atoms with Crippen molar-refractivity contribution in [2.75, 3.05) is 26.2 Å². The summed E-state index contributed by atoms with van der Waals surface area (Å²) in [7, 11) is 0. The number of carbonyl (C=O) groups excluding carboxylic acids is 2. The van der Waals surface area contributed by atoms with Gasteiger partial charge in [-0.05, 0) is 45.0 Å². The van der Waals surface area contributed by atoms with Gasteiger partial charge in [-0.2, -0.15) is 13.2 Å². The van der Waals surface area contributed by atoms with Crippen LogP contribution in [0.15, 0.2) is 24.3 Å². The zero-order valence-electron chi connectivity index (χ0n) is 16.5. The van der Waals surface area contributed by atoms with Crippen molar-refractivity contribution < 1.29 is 36.6 Å². The summed E-state index contributed by atoms with van der Waals surface area (Å²) < 4.78 is 62.1. The molecule has 1 heterocycles. The van der Waals surface area contributed by atoms with E-state index in [2.05, 4.69) is 0 Å². The second-order valence-electron chi connectivity index (χ2n) is 7.67. The van der Waals surface area contributed by atoms with E-state index in [1.54, 1.807) is 20.8 Å². The summed E-state index contributed by atoms with van der Waals surface area (Å²) in [6, 6.07) is 4.55. The van der Waals surface area contributed by atoms with Crippen LogP contribution in [0.2, 0.25) is 0 Å². The average molecular weight is 420 g/mol. The molecule has 0 radical (unpaired) electrons. The zero-order valence-corrected chi connectivity index (χ0v) is 16.5. The number of halogens is 4. The number of piperazine rings is 1. The Morgan fingerprint density at radius 2 is 1.72 bits per heavy atom. The summed E-state index contributed by atoms with van der Waals surface area (Å²) in [4.78, 5) is 26.1. The minimum absolute atomic E-state index is 0.0592. The van der Waals surface area contributed by atoms with Gasteiger partial charge in [-0.3, -0.25) is 4.79 Å². The molecule has 1 aromatic carbocycles. The van der Waals surface area contributed by atoms with E-state index in [4.69, 9.17) is 9.47 Å². The highest BCUT2D eigenvalue weighted by Gasteiger charge is 2.45. The Morgan fingerprint density at radius 1 is 1.10 bits per heavy atom. The van der Waals surface area contributed by atoms with Crippen LogP contribution in [0.25, 0.3) is 0 Å². The maximum Gasteiger partial charge on any atom is 0.471 e. The van der Waals surface area contributed by atoms with Gasteiger partial charge in [0.05, 0.1) is 12.6 Å². The lowest BCUT2D eigenvalue weighted by atomic mass is 10.1. The molecule has 0 spiro atoms. The van der Waals surface area contributed by atoms with E-state index >= 15 is 0 Å². The average Bonchev–Trinajstić information content (AvgIpc) is 2.60. The Balaban J connectivity index is 2.06. The van der Waals surface area contributed by atoms with Crippen LogP contribution in [0, 0.1) is 5.82 Å². The maximum atomic E-state index is 12.9. The lowest BCUT2D eigenvalue weighted by Crippen LogP contribution is -2.59. The van der Waals surface area contributed by atoms with Gasteiger partial charge in [0.15, 0.2) is 0 Å². The molecule has 0 aliphatic carbocycles. The van der Waals surface area contributed by atoms with Gasteiger partial charge in [-0.25, -0.2) is 9.18 Å². The van der Waals surface area contributed by atoms with Gasteiger partial charge in [-0.1, -0.05) is 0 Å². The molecule has 2 amide bonds. The van der Waals surface area contributed by atoms with E-state index in [0.717, 1.165) is 0 Å². The van der Waals surface area contributed by atoms with Crippen molar-refractivity contribution in [3.8, 4) is 5.75 Å². The lowest BCUT2D eigenvalue weighted by Gasteiger charge is -2.41. The van der Waals surface area contributed by atoms with E-state index in [9.17, 15) is 27.2 Å². The molecule has 1 fully saturated rings. The van der Waals surface area contributed by atoms with Crippen molar-refractivity contribution in [1.29, 1.82) is 0 Å². The Labute approximate surface area is 166 Å². The molecule has 1 aliphatic heterocycles. The van der Waals surface area contributed by atoms with Crippen LogP contribution in [-0.2, 0) is 9.53 Å². The van der Waals surface area contributed by atoms with Gasteiger partial charge in [0.1, 0.15) is 17.2 Å². The van der Waals surface area contributed by atoms with E-state index in [1.165, 1.54) is 29.2 Å². The first-order valence-corrected chi connectivity index (χ1v) is 9.11. The highest BCUT2D eigenvalue weighted by atomic mass is 19.4. The summed E-state index contributed by atoms with van der Waals surface area (Å²) in [6.07, 6.45) is -5.48. The van der Waals surface area contributed by atoms with Gasteiger partial charge >= 0.3 is 18.2 Å². The number of benzene rings is 1. The molecule has 0 bridgehead atoms. The summed E-state index contributed by atoms with van der Waals surface area (Å²) in [5.74, 6) is -1.98. The number of nitrogens with zero attached hydrogens (tertiary/aromatic N) is 2. The Kier molecular flexibility index (Phi) is 6.97. The Morgan fingerprint density at radius 3 is 2.28 bits per heavy atom. The summed E-state index contributed by atoms with van der Waals surface area (Å²) in [5, 5.41) is 0. The summed E-state index contributed by atoms with van der Waals surface area (Å²) in [5.41, 5.74) is -0.773. The third kappa shape index (κ3) is 6.79. The number of ether oxygens (including phenoxy) is 2. The molecule has 0 N–H and O–H groups in total. The molecular formula is C19H24F4N2O4. The highest BCUT2D eigenvalue weighted by molar-refractivity contribution is 5.82. The van der Waals surface area contributed by atoms with Crippen molar-refractivity contribution in [2.45, 2.75) is 45.0 Å². The molecule has 1 saturated heterocycles. The van der Waals surface area contributed by atoms with Gasteiger partial charge in [0.25, 0.3) is 0 Å². The first-order chi connectivity index (χ1) is 13.4. The van der Waals surface area contributed by atoms with Crippen molar-refractivity contribution >= 4 is 12.0 Å². The van der Waals surface area contributed by atoms with E-state index in [1.807, 2.05) is 0 Å². The van der Waals surface area contributed by atoms with Crippen LogP contribution in [0.1, 0.15) is 27.2 Å². The molecule has 2 rings (SSSR count). The molecule has 162 valence electrons. The predicted molar refractivity (Wildman–Crippen MR) is 95.9 cm³/mol. The number of amides is 2. The smallest absolute Gasteiger partial charge is 0.471 e. The van der Waals surface area contributed by atoms with Crippen molar-refractivity contribution in [1.82, 2.24) is 9.80 Å². The van der Waals surface area contributed by atoms with E-state index in [0.29, 0.717) is 10.6 Å². The molecule has 1 aliphatic rings. The van der Waals surface area contributed by atoms with Crippen molar-refractivity contribution in [2.24, 2.45) is 0 Å². The maximum absolute atomic E-state index is 12.9. The van der Waals surface area contributed by atoms with Crippen molar-refractivity contribution in [3.63, 3.8) is 0 Å². The predicted octanol–water partition coefficient (Wildman–Crippen LogP) is 3.60. The molecule has 10 heteroatoms. The first kappa shape index (κ1) is 22.8. The minimum atomic E-state index is -4.98. The Bertz CT molecular complexity index is 716. The fourth-order valence-corrected chi connectivity index (χ4v) is 2.87. The van der Waals surface area contributed by atoms with Gasteiger partial charge in [0, 0.05) is 26.1 Å². The van der Waals surface area contributed by atoms with Gasteiger partial charge < -0.3 is 19.3 Å². The number of alkyl halides is 3. The van der Waals surface area contributed by atoms with Crippen LogP contribution >= 0.6 is 0 Å². The van der Waals surface area contributed by atoms with E-state index in [-0.39, 0.29) is 32.7 Å². The molecule has 6 nitrogen and oxygen atoms in total. The molecule has 1 atom stereocenters. The van der Waals surface area contributed by atoms with Gasteiger partial charge in [-0.15, -0.1) is 0 Å². The number of rotatable bonds is 4. The molecule has 1 aromatic rings. The quantitative estimate of drug-likeness (QED) is 0.699. The minimum Gasteiger partial charge on any atom is -0.494 e. The van der Waals surface area contributed by atoms with E-state index < -0.39 is 35.6 Å². The molecule has 0 aromatic heterocycles. The molecule has 29 heavy (non-hydrogen) atoms. The number of carbonyl (C=O) groups is 2. The summed E-state index contributed by atoms with van der Waals surface area (Å²) in [6.45, 7) is 4.49. The largest absolute Gasteiger partial charge is 0.494 e. The molecule has 0 saturated carbocycles. The zero-order chi connectivity index (χ0) is 21.8.